The number of aliphatic hydroxyl groups is 1. The van der Waals surface area contributed by atoms with Crippen LogP contribution >= 0.6 is 15.9 Å². The third-order valence-corrected chi connectivity index (χ3v) is 4.87. The van der Waals surface area contributed by atoms with Gasteiger partial charge in [0.15, 0.2) is 0 Å². The molecule has 2 unspecified atom stereocenters. The summed E-state index contributed by atoms with van der Waals surface area (Å²) < 4.78 is 6.40. The molecule has 3 heteroatoms. The van der Waals surface area contributed by atoms with Gasteiger partial charge >= 0.3 is 0 Å². The monoisotopic (exact) mass is 296 g/mol. The van der Waals surface area contributed by atoms with Gasteiger partial charge in [-0.1, -0.05) is 28.8 Å². The molecule has 0 amide bonds. The predicted molar refractivity (Wildman–Crippen MR) is 70.0 cm³/mol. The Hall–Kier alpha value is -0.540. The Bertz CT molecular complexity index is 432. The van der Waals surface area contributed by atoms with Gasteiger partial charge in [0.25, 0.3) is 0 Å². The number of rotatable bonds is 2. The fourth-order valence-corrected chi connectivity index (χ4v) is 3.85. The maximum atomic E-state index is 10.9. The molecule has 0 aliphatic heterocycles. The molecule has 2 aliphatic rings. The number of hydrogen-bond acceptors (Lipinski definition) is 2. The Balaban J connectivity index is 2.01. The van der Waals surface area contributed by atoms with E-state index in [9.17, 15) is 5.11 Å². The Morgan fingerprint density at radius 1 is 1.29 bits per heavy atom. The van der Waals surface area contributed by atoms with E-state index < -0.39 is 5.60 Å². The summed E-state index contributed by atoms with van der Waals surface area (Å²) in [6.45, 7) is 0. The Kier molecular flexibility index (Phi) is 2.71. The van der Waals surface area contributed by atoms with E-state index in [1.54, 1.807) is 7.11 Å². The van der Waals surface area contributed by atoms with E-state index in [-0.39, 0.29) is 0 Å². The summed E-state index contributed by atoms with van der Waals surface area (Å²) in [4.78, 5) is 0. The highest BCUT2D eigenvalue weighted by atomic mass is 79.9. The minimum Gasteiger partial charge on any atom is -0.496 e. The van der Waals surface area contributed by atoms with Crippen molar-refractivity contribution in [3.8, 4) is 5.75 Å². The maximum Gasteiger partial charge on any atom is 0.125 e. The van der Waals surface area contributed by atoms with Crippen molar-refractivity contribution in [3.05, 3.63) is 28.2 Å². The van der Waals surface area contributed by atoms with Gasteiger partial charge in [-0.3, -0.25) is 0 Å². The lowest BCUT2D eigenvalue weighted by Gasteiger charge is -2.16. The van der Waals surface area contributed by atoms with E-state index in [1.165, 1.54) is 12.8 Å². The summed E-state index contributed by atoms with van der Waals surface area (Å²) in [6, 6.07) is 5.90. The van der Waals surface area contributed by atoms with Crippen LogP contribution in [0.2, 0.25) is 0 Å². The van der Waals surface area contributed by atoms with Gasteiger partial charge in [-0.25, -0.2) is 0 Å². The molecule has 17 heavy (non-hydrogen) atoms. The van der Waals surface area contributed by atoms with Gasteiger partial charge in [-0.05, 0) is 42.9 Å². The van der Waals surface area contributed by atoms with Crippen LogP contribution in [0.25, 0.3) is 0 Å². The van der Waals surface area contributed by atoms with Gasteiger partial charge in [0.05, 0.1) is 12.7 Å². The van der Waals surface area contributed by atoms with Crippen molar-refractivity contribution in [1.82, 2.24) is 0 Å². The van der Waals surface area contributed by atoms with E-state index in [2.05, 4.69) is 15.9 Å². The van der Waals surface area contributed by atoms with Gasteiger partial charge < -0.3 is 9.84 Å². The van der Waals surface area contributed by atoms with Crippen LogP contribution in [0.3, 0.4) is 0 Å². The lowest BCUT2D eigenvalue weighted by molar-refractivity contribution is 0.114. The zero-order valence-electron chi connectivity index (χ0n) is 9.95. The Labute approximate surface area is 110 Å². The molecule has 0 saturated heterocycles. The highest BCUT2D eigenvalue weighted by Gasteiger charge is 2.65. The highest BCUT2D eigenvalue weighted by Crippen LogP contribution is 2.65. The van der Waals surface area contributed by atoms with Crippen LogP contribution < -0.4 is 4.74 Å². The second kappa shape index (κ2) is 3.99. The van der Waals surface area contributed by atoms with Crippen LogP contribution in [-0.2, 0) is 5.60 Å². The van der Waals surface area contributed by atoms with Crippen LogP contribution in [0, 0.1) is 11.8 Å². The average molecular weight is 297 g/mol. The summed E-state index contributed by atoms with van der Waals surface area (Å²) >= 11 is 3.48. The molecule has 0 bridgehead atoms. The third-order valence-electron chi connectivity index (χ3n) is 4.38. The van der Waals surface area contributed by atoms with Crippen molar-refractivity contribution < 1.29 is 9.84 Å². The molecule has 1 aromatic carbocycles. The molecular weight excluding hydrogens is 280 g/mol. The summed E-state index contributed by atoms with van der Waals surface area (Å²) in [5.74, 6) is 1.70. The molecule has 1 N–H and O–H groups in total. The second-order valence-corrected chi connectivity index (χ2v) is 6.08. The van der Waals surface area contributed by atoms with Crippen molar-refractivity contribution in [3.63, 3.8) is 0 Å². The minimum absolute atomic E-state index is 0.444. The molecule has 2 saturated carbocycles. The number of ether oxygens (including phenoxy) is 1. The summed E-state index contributed by atoms with van der Waals surface area (Å²) in [6.07, 6.45) is 4.80. The number of benzene rings is 1. The van der Waals surface area contributed by atoms with Crippen molar-refractivity contribution in [2.45, 2.75) is 31.3 Å². The van der Waals surface area contributed by atoms with E-state index in [0.29, 0.717) is 11.8 Å². The van der Waals surface area contributed by atoms with E-state index in [0.717, 1.165) is 28.6 Å². The topological polar surface area (TPSA) is 29.5 Å². The zero-order chi connectivity index (χ0) is 12.0. The normalized spacial score (nSPS) is 35.2. The van der Waals surface area contributed by atoms with Crippen LogP contribution in [-0.4, -0.2) is 12.2 Å². The van der Waals surface area contributed by atoms with Crippen LogP contribution in [0.1, 0.15) is 31.2 Å². The summed E-state index contributed by atoms with van der Waals surface area (Å²) in [5.41, 5.74) is 0.331. The lowest BCUT2D eigenvalue weighted by atomic mass is 10.0. The third kappa shape index (κ3) is 1.63. The lowest BCUT2D eigenvalue weighted by Crippen LogP contribution is -2.12. The van der Waals surface area contributed by atoms with Gasteiger partial charge in [-0.15, -0.1) is 0 Å². The Morgan fingerprint density at radius 2 is 1.94 bits per heavy atom. The minimum atomic E-state index is -0.633. The zero-order valence-corrected chi connectivity index (χ0v) is 11.5. The molecular formula is C14H17BrO2. The fraction of sp³-hybridized carbons (Fsp3) is 0.571. The first-order valence-electron chi connectivity index (χ1n) is 6.24. The highest BCUT2D eigenvalue weighted by molar-refractivity contribution is 9.10. The maximum absolute atomic E-state index is 10.9. The second-order valence-electron chi connectivity index (χ2n) is 5.17. The molecule has 2 aliphatic carbocycles. The molecule has 1 aromatic rings. The smallest absolute Gasteiger partial charge is 0.125 e. The van der Waals surface area contributed by atoms with Crippen molar-refractivity contribution in [1.29, 1.82) is 0 Å². The summed E-state index contributed by atoms with van der Waals surface area (Å²) in [7, 11) is 1.67. The standard InChI is InChI=1S/C14H17BrO2/c1-17-13-7-6-9(15)8-12(13)14(16)10-4-2-3-5-11(10)14/h6-8,10-11,16H,2-5H2,1H3. The predicted octanol–water partition coefficient (Wildman–Crippen LogP) is 3.47. The van der Waals surface area contributed by atoms with Crippen molar-refractivity contribution in [2.24, 2.45) is 11.8 Å². The average Bonchev–Trinajstić information content (AvgIpc) is 2.97. The van der Waals surface area contributed by atoms with E-state index in [4.69, 9.17) is 4.74 Å². The first kappa shape index (κ1) is 11.5. The van der Waals surface area contributed by atoms with Gasteiger partial charge in [-0.2, -0.15) is 0 Å². The Morgan fingerprint density at radius 3 is 2.53 bits per heavy atom. The molecule has 0 aromatic heterocycles. The van der Waals surface area contributed by atoms with Crippen molar-refractivity contribution in [2.75, 3.05) is 7.11 Å². The molecule has 2 fully saturated rings. The van der Waals surface area contributed by atoms with Gasteiger partial charge in [0.1, 0.15) is 5.75 Å². The van der Waals surface area contributed by atoms with Crippen LogP contribution in [0.5, 0.6) is 5.75 Å². The first-order valence-corrected chi connectivity index (χ1v) is 7.03. The van der Waals surface area contributed by atoms with Crippen LogP contribution in [0.15, 0.2) is 22.7 Å². The quantitative estimate of drug-likeness (QED) is 0.906. The fourth-order valence-electron chi connectivity index (χ4n) is 3.49. The molecule has 2 atom stereocenters. The first-order chi connectivity index (χ1) is 8.17. The largest absolute Gasteiger partial charge is 0.496 e. The van der Waals surface area contributed by atoms with E-state index >= 15 is 0 Å². The molecule has 2 nitrogen and oxygen atoms in total. The molecule has 3 rings (SSSR count). The molecule has 0 radical (unpaired) electrons. The van der Waals surface area contributed by atoms with Crippen LogP contribution in [0.4, 0.5) is 0 Å². The number of methoxy groups -OCH3 is 1. The number of fused-ring (bicyclic) bond motifs is 1. The SMILES string of the molecule is COc1ccc(Br)cc1C1(O)C2CCCCC21. The van der Waals surface area contributed by atoms with Gasteiger partial charge in [0.2, 0.25) is 0 Å². The molecule has 0 heterocycles. The summed E-state index contributed by atoms with van der Waals surface area (Å²) in [5, 5.41) is 10.9. The van der Waals surface area contributed by atoms with E-state index in [1.807, 2.05) is 18.2 Å². The number of hydrogen-bond donors (Lipinski definition) is 1. The number of halogens is 1. The molecule has 0 spiro atoms. The van der Waals surface area contributed by atoms with Gasteiger partial charge in [0, 0.05) is 10.0 Å². The molecule has 92 valence electrons. The van der Waals surface area contributed by atoms with Crippen molar-refractivity contribution >= 4 is 15.9 Å².